The van der Waals surface area contributed by atoms with Gasteiger partial charge in [0.2, 0.25) is 0 Å². The number of rotatable bonds is 3. The SMILES string of the molecule is Cc1nc(-c2cccc(Br)c2)ccc1C(=O)N1CCCN(c2ccc(C#N)cc2)CC1. The van der Waals surface area contributed by atoms with Crippen LogP contribution in [0.2, 0.25) is 0 Å². The average molecular weight is 475 g/mol. The van der Waals surface area contributed by atoms with Gasteiger partial charge in [-0.2, -0.15) is 5.26 Å². The molecule has 0 saturated carbocycles. The van der Waals surface area contributed by atoms with Gasteiger partial charge in [-0.1, -0.05) is 28.1 Å². The Bertz CT molecular complexity index is 1140. The number of hydrogen-bond donors (Lipinski definition) is 0. The number of amides is 1. The highest BCUT2D eigenvalue weighted by molar-refractivity contribution is 9.10. The van der Waals surface area contributed by atoms with Gasteiger partial charge in [0.15, 0.2) is 0 Å². The van der Waals surface area contributed by atoms with E-state index in [0.29, 0.717) is 17.7 Å². The molecule has 5 nitrogen and oxygen atoms in total. The van der Waals surface area contributed by atoms with Crippen LogP contribution < -0.4 is 4.90 Å². The van der Waals surface area contributed by atoms with Crippen molar-refractivity contribution in [2.45, 2.75) is 13.3 Å². The van der Waals surface area contributed by atoms with Gasteiger partial charge in [0, 0.05) is 41.9 Å². The highest BCUT2D eigenvalue weighted by Gasteiger charge is 2.22. The van der Waals surface area contributed by atoms with Crippen molar-refractivity contribution in [3.63, 3.8) is 0 Å². The fraction of sp³-hybridized carbons (Fsp3) is 0.240. The number of aromatic nitrogens is 1. The third kappa shape index (κ3) is 4.78. The molecule has 1 amide bonds. The summed E-state index contributed by atoms with van der Waals surface area (Å²) >= 11 is 3.50. The number of anilines is 1. The second kappa shape index (κ2) is 9.32. The van der Waals surface area contributed by atoms with Gasteiger partial charge < -0.3 is 9.80 Å². The molecule has 0 bridgehead atoms. The van der Waals surface area contributed by atoms with Gasteiger partial charge >= 0.3 is 0 Å². The van der Waals surface area contributed by atoms with Crippen LogP contribution in [-0.4, -0.2) is 42.0 Å². The van der Waals surface area contributed by atoms with E-state index in [4.69, 9.17) is 10.2 Å². The maximum atomic E-state index is 13.2. The Kier molecular flexibility index (Phi) is 6.34. The lowest BCUT2D eigenvalue weighted by Gasteiger charge is -2.24. The first kappa shape index (κ1) is 21.1. The summed E-state index contributed by atoms with van der Waals surface area (Å²) in [6.07, 6.45) is 0.897. The first-order chi connectivity index (χ1) is 15.0. The van der Waals surface area contributed by atoms with Crippen LogP contribution in [0.15, 0.2) is 65.1 Å². The summed E-state index contributed by atoms with van der Waals surface area (Å²) < 4.78 is 1.00. The smallest absolute Gasteiger partial charge is 0.255 e. The number of hydrogen-bond acceptors (Lipinski definition) is 4. The van der Waals surface area contributed by atoms with Crippen molar-refractivity contribution in [2.24, 2.45) is 0 Å². The Morgan fingerprint density at radius 3 is 2.55 bits per heavy atom. The summed E-state index contributed by atoms with van der Waals surface area (Å²) in [7, 11) is 0. The highest BCUT2D eigenvalue weighted by Crippen LogP contribution is 2.24. The Morgan fingerprint density at radius 1 is 1.03 bits per heavy atom. The van der Waals surface area contributed by atoms with Crippen molar-refractivity contribution < 1.29 is 4.79 Å². The molecule has 0 spiro atoms. The number of carbonyl (C=O) groups is 1. The summed E-state index contributed by atoms with van der Waals surface area (Å²) in [6, 6.07) is 21.6. The van der Waals surface area contributed by atoms with Gasteiger partial charge in [-0.05, 0) is 61.9 Å². The van der Waals surface area contributed by atoms with Crippen molar-refractivity contribution in [3.8, 4) is 17.3 Å². The summed E-state index contributed by atoms with van der Waals surface area (Å²) in [5.74, 6) is 0.0347. The molecule has 0 N–H and O–H groups in total. The molecular formula is C25H23BrN4O. The largest absolute Gasteiger partial charge is 0.370 e. The van der Waals surface area contributed by atoms with E-state index in [1.165, 1.54) is 0 Å². The second-order valence-electron chi connectivity index (χ2n) is 7.63. The molecule has 1 aliphatic rings. The Balaban J connectivity index is 1.47. The molecular weight excluding hydrogens is 452 g/mol. The fourth-order valence-corrected chi connectivity index (χ4v) is 4.29. The normalized spacial score (nSPS) is 14.1. The summed E-state index contributed by atoms with van der Waals surface area (Å²) in [4.78, 5) is 22.1. The molecule has 2 heterocycles. The minimum atomic E-state index is 0.0347. The zero-order chi connectivity index (χ0) is 21.8. The molecule has 0 aliphatic carbocycles. The minimum absolute atomic E-state index is 0.0347. The van der Waals surface area contributed by atoms with Gasteiger partial charge in [0.05, 0.1) is 28.6 Å². The lowest BCUT2D eigenvalue weighted by atomic mass is 10.1. The zero-order valence-electron chi connectivity index (χ0n) is 17.4. The Hall–Kier alpha value is -3.17. The molecule has 3 aromatic rings. The lowest BCUT2D eigenvalue weighted by molar-refractivity contribution is 0.0766. The molecule has 0 atom stereocenters. The van der Waals surface area contributed by atoms with Crippen molar-refractivity contribution in [2.75, 3.05) is 31.1 Å². The van der Waals surface area contributed by atoms with E-state index in [1.807, 2.05) is 72.5 Å². The lowest BCUT2D eigenvalue weighted by Crippen LogP contribution is -2.35. The van der Waals surface area contributed by atoms with Crippen molar-refractivity contribution in [1.82, 2.24) is 9.88 Å². The molecule has 156 valence electrons. The monoisotopic (exact) mass is 474 g/mol. The van der Waals surface area contributed by atoms with Crippen molar-refractivity contribution in [3.05, 3.63) is 82.0 Å². The first-order valence-corrected chi connectivity index (χ1v) is 11.1. The summed E-state index contributed by atoms with van der Waals surface area (Å²) in [5.41, 5.74) is 5.03. The van der Waals surface area contributed by atoms with Gasteiger partial charge in [-0.25, -0.2) is 0 Å². The second-order valence-corrected chi connectivity index (χ2v) is 8.55. The molecule has 1 fully saturated rings. The van der Waals surface area contributed by atoms with Crippen LogP contribution in [0.4, 0.5) is 5.69 Å². The Labute approximate surface area is 191 Å². The van der Waals surface area contributed by atoms with E-state index in [2.05, 4.69) is 26.9 Å². The predicted molar refractivity (Wildman–Crippen MR) is 126 cm³/mol. The molecule has 1 aromatic heterocycles. The van der Waals surface area contributed by atoms with Crippen molar-refractivity contribution in [1.29, 1.82) is 5.26 Å². The number of benzene rings is 2. The topological polar surface area (TPSA) is 60.2 Å². The van der Waals surface area contributed by atoms with Crippen LogP contribution in [0.5, 0.6) is 0 Å². The maximum absolute atomic E-state index is 13.2. The number of pyridine rings is 1. The minimum Gasteiger partial charge on any atom is -0.370 e. The van der Waals surface area contributed by atoms with Gasteiger partial charge in [-0.15, -0.1) is 0 Å². The molecule has 1 aliphatic heterocycles. The fourth-order valence-electron chi connectivity index (χ4n) is 3.89. The third-order valence-electron chi connectivity index (χ3n) is 5.58. The van der Waals surface area contributed by atoms with Crippen LogP contribution in [0.3, 0.4) is 0 Å². The molecule has 6 heteroatoms. The van der Waals surface area contributed by atoms with Gasteiger partial charge in [0.1, 0.15) is 0 Å². The van der Waals surface area contributed by atoms with E-state index in [9.17, 15) is 4.79 Å². The van der Waals surface area contributed by atoms with E-state index in [1.54, 1.807) is 0 Å². The highest BCUT2D eigenvalue weighted by atomic mass is 79.9. The molecule has 0 unspecified atom stereocenters. The van der Waals surface area contributed by atoms with Gasteiger partial charge in [-0.3, -0.25) is 9.78 Å². The van der Waals surface area contributed by atoms with E-state index >= 15 is 0 Å². The number of nitriles is 1. The Morgan fingerprint density at radius 2 is 1.84 bits per heavy atom. The van der Waals surface area contributed by atoms with Crippen LogP contribution in [0.1, 0.15) is 28.0 Å². The van der Waals surface area contributed by atoms with Crippen LogP contribution in [0, 0.1) is 18.3 Å². The molecule has 0 radical (unpaired) electrons. The van der Waals surface area contributed by atoms with Gasteiger partial charge in [0.25, 0.3) is 5.91 Å². The summed E-state index contributed by atoms with van der Waals surface area (Å²) in [6.45, 7) is 4.93. The maximum Gasteiger partial charge on any atom is 0.255 e. The quantitative estimate of drug-likeness (QED) is 0.533. The van der Waals surface area contributed by atoms with Crippen molar-refractivity contribution >= 4 is 27.5 Å². The number of carbonyl (C=O) groups excluding carboxylic acids is 1. The van der Waals surface area contributed by atoms with E-state index in [0.717, 1.165) is 53.2 Å². The zero-order valence-corrected chi connectivity index (χ0v) is 19.0. The van der Waals surface area contributed by atoms with Crippen LogP contribution in [0.25, 0.3) is 11.3 Å². The van der Waals surface area contributed by atoms with Crippen LogP contribution >= 0.6 is 15.9 Å². The third-order valence-corrected chi connectivity index (χ3v) is 6.07. The molecule has 4 rings (SSSR count). The number of nitrogens with zero attached hydrogens (tertiary/aromatic N) is 4. The summed E-state index contributed by atoms with van der Waals surface area (Å²) in [5, 5.41) is 8.99. The van der Waals surface area contributed by atoms with Crippen LogP contribution in [-0.2, 0) is 0 Å². The predicted octanol–water partition coefficient (Wildman–Crippen LogP) is 5.04. The first-order valence-electron chi connectivity index (χ1n) is 10.3. The molecule has 1 saturated heterocycles. The molecule has 2 aromatic carbocycles. The van der Waals surface area contributed by atoms with E-state index in [-0.39, 0.29) is 5.91 Å². The molecule has 31 heavy (non-hydrogen) atoms. The number of halogens is 1. The van der Waals surface area contributed by atoms with E-state index < -0.39 is 0 Å². The standard InChI is InChI=1S/C25H23BrN4O/c1-18-23(10-11-24(28-18)20-4-2-5-21(26)16-20)25(31)30-13-3-12-29(14-15-30)22-8-6-19(17-27)7-9-22/h2,4-11,16H,3,12-15H2,1H3. The average Bonchev–Trinajstić information content (AvgIpc) is 3.05. The number of aryl methyl sites for hydroxylation is 1.